The van der Waals surface area contributed by atoms with Crippen LogP contribution in [-0.2, 0) is 0 Å². The summed E-state index contributed by atoms with van der Waals surface area (Å²) in [6, 6.07) is 2.39. The van der Waals surface area contributed by atoms with E-state index in [2.05, 4.69) is 37.5 Å². The van der Waals surface area contributed by atoms with E-state index in [1.807, 2.05) is 11.3 Å². The Balaban J connectivity index is 2.09. The van der Waals surface area contributed by atoms with Crippen molar-refractivity contribution in [3.63, 3.8) is 0 Å². The van der Waals surface area contributed by atoms with Crippen molar-refractivity contribution in [3.05, 3.63) is 21.9 Å². The van der Waals surface area contributed by atoms with Crippen LogP contribution < -0.4 is 5.32 Å². The second-order valence-corrected chi connectivity index (χ2v) is 7.19. The molecule has 0 aliphatic heterocycles. The van der Waals surface area contributed by atoms with Crippen molar-refractivity contribution in [2.45, 2.75) is 58.8 Å². The maximum atomic E-state index is 3.58. The number of thiophene rings is 1. The SMILES string of the molecule is CCCC1CCC(CNCC)C(c2ccsc2C)C1. The molecule has 1 aliphatic carbocycles. The van der Waals surface area contributed by atoms with Gasteiger partial charge in [-0.3, -0.25) is 0 Å². The lowest BCUT2D eigenvalue weighted by molar-refractivity contribution is 0.221. The monoisotopic (exact) mass is 279 g/mol. The first-order valence-electron chi connectivity index (χ1n) is 8.00. The molecule has 1 N–H and O–H groups in total. The van der Waals surface area contributed by atoms with Crippen molar-refractivity contribution in [3.8, 4) is 0 Å². The van der Waals surface area contributed by atoms with Crippen LogP contribution >= 0.6 is 11.3 Å². The molecule has 1 aromatic heterocycles. The Labute approximate surface area is 122 Å². The van der Waals surface area contributed by atoms with Gasteiger partial charge in [0, 0.05) is 4.88 Å². The van der Waals surface area contributed by atoms with E-state index < -0.39 is 0 Å². The first kappa shape index (κ1) is 15.1. The van der Waals surface area contributed by atoms with Gasteiger partial charge in [-0.1, -0.05) is 33.1 Å². The van der Waals surface area contributed by atoms with E-state index in [1.165, 1.54) is 38.6 Å². The molecule has 2 heteroatoms. The van der Waals surface area contributed by atoms with E-state index in [1.54, 1.807) is 10.4 Å². The Morgan fingerprint density at radius 2 is 2.16 bits per heavy atom. The summed E-state index contributed by atoms with van der Waals surface area (Å²) in [5.74, 6) is 2.61. The summed E-state index contributed by atoms with van der Waals surface area (Å²) in [4.78, 5) is 1.55. The first-order chi connectivity index (χ1) is 9.26. The molecule has 0 amide bonds. The lowest BCUT2D eigenvalue weighted by Gasteiger charge is -2.37. The Kier molecular flexibility index (Phi) is 5.90. The number of nitrogens with one attached hydrogen (secondary N) is 1. The van der Waals surface area contributed by atoms with Gasteiger partial charge in [-0.25, -0.2) is 0 Å². The van der Waals surface area contributed by atoms with Crippen LogP contribution in [0.3, 0.4) is 0 Å². The number of aryl methyl sites for hydroxylation is 1. The van der Waals surface area contributed by atoms with Gasteiger partial charge in [0.15, 0.2) is 0 Å². The third-order valence-electron chi connectivity index (χ3n) is 4.75. The third kappa shape index (κ3) is 3.82. The zero-order valence-electron chi connectivity index (χ0n) is 12.7. The molecule has 3 unspecified atom stereocenters. The highest BCUT2D eigenvalue weighted by atomic mass is 32.1. The van der Waals surface area contributed by atoms with Crippen LogP contribution in [0.15, 0.2) is 11.4 Å². The minimum Gasteiger partial charge on any atom is -0.317 e. The fourth-order valence-electron chi connectivity index (χ4n) is 3.73. The van der Waals surface area contributed by atoms with E-state index >= 15 is 0 Å². The summed E-state index contributed by atoms with van der Waals surface area (Å²) in [7, 11) is 0. The number of hydrogen-bond donors (Lipinski definition) is 1. The van der Waals surface area contributed by atoms with Gasteiger partial charge in [-0.2, -0.15) is 0 Å². The Bertz CT molecular complexity index is 371. The van der Waals surface area contributed by atoms with E-state index in [0.29, 0.717) is 0 Å². The van der Waals surface area contributed by atoms with Crippen LogP contribution in [0.5, 0.6) is 0 Å². The van der Waals surface area contributed by atoms with Gasteiger partial charge >= 0.3 is 0 Å². The average Bonchev–Trinajstić information content (AvgIpc) is 2.83. The molecule has 0 radical (unpaired) electrons. The molecule has 0 saturated heterocycles. The first-order valence-corrected chi connectivity index (χ1v) is 8.88. The third-order valence-corrected chi connectivity index (χ3v) is 5.62. The van der Waals surface area contributed by atoms with Crippen LogP contribution in [0.2, 0.25) is 0 Å². The fraction of sp³-hybridized carbons (Fsp3) is 0.765. The lowest BCUT2D eigenvalue weighted by atomic mass is 9.70. The molecule has 1 aliphatic rings. The predicted octanol–water partition coefficient (Wildman–Crippen LogP) is 4.97. The molecule has 1 aromatic rings. The van der Waals surface area contributed by atoms with Crippen molar-refractivity contribution < 1.29 is 0 Å². The van der Waals surface area contributed by atoms with E-state index in [9.17, 15) is 0 Å². The van der Waals surface area contributed by atoms with Gasteiger partial charge in [0.25, 0.3) is 0 Å². The predicted molar refractivity (Wildman–Crippen MR) is 86.1 cm³/mol. The zero-order valence-corrected chi connectivity index (χ0v) is 13.6. The summed E-state index contributed by atoms with van der Waals surface area (Å²) >= 11 is 1.92. The summed E-state index contributed by atoms with van der Waals surface area (Å²) in [6.07, 6.45) is 7.05. The molecule has 1 heterocycles. The second kappa shape index (κ2) is 7.44. The van der Waals surface area contributed by atoms with Gasteiger partial charge in [-0.05, 0) is 67.6 Å². The van der Waals surface area contributed by atoms with E-state index in [4.69, 9.17) is 0 Å². The highest BCUT2D eigenvalue weighted by Crippen LogP contribution is 2.43. The molecule has 0 bridgehead atoms. The van der Waals surface area contributed by atoms with Crippen molar-refractivity contribution in [2.24, 2.45) is 11.8 Å². The Morgan fingerprint density at radius 1 is 1.32 bits per heavy atom. The minimum absolute atomic E-state index is 0.801. The van der Waals surface area contributed by atoms with Gasteiger partial charge in [0.05, 0.1) is 0 Å². The molecule has 0 spiro atoms. The molecule has 1 fully saturated rings. The second-order valence-electron chi connectivity index (χ2n) is 6.07. The molecule has 1 saturated carbocycles. The number of rotatable bonds is 6. The topological polar surface area (TPSA) is 12.0 Å². The van der Waals surface area contributed by atoms with Gasteiger partial charge in [-0.15, -0.1) is 11.3 Å². The van der Waals surface area contributed by atoms with Crippen LogP contribution in [0.25, 0.3) is 0 Å². The van der Waals surface area contributed by atoms with E-state index in [-0.39, 0.29) is 0 Å². The minimum atomic E-state index is 0.801. The van der Waals surface area contributed by atoms with Crippen molar-refractivity contribution in [1.82, 2.24) is 5.32 Å². The highest BCUT2D eigenvalue weighted by Gasteiger charge is 2.31. The Morgan fingerprint density at radius 3 is 2.79 bits per heavy atom. The summed E-state index contributed by atoms with van der Waals surface area (Å²) in [6.45, 7) is 9.15. The molecule has 0 aromatic carbocycles. The largest absolute Gasteiger partial charge is 0.317 e. The lowest BCUT2D eigenvalue weighted by Crippen LogP contribution is -2.32. The standard InChI is InChI=1S/C17H29NS/c1-4-6-14-7-8-15(12-18-5-2)17(11-14)16-9-10-19-13(16)3/h9-10,14-15,17-18H,4-8,11-12H2,1-3H3. The van der Waals surface area contributed by atoms with Gasteiger partial charge in [0.2, 0.25) is 0 Å². The van der Waals surface area contributed by atoms with Crippen LogP contribution in [0.4, 0.5) is 0 Å². The molecule has 19 heavy (non-hydrogen) atoms. The summed E-state index contributed by atoms with van der Waals surface area (Å²) in [5.41, 5.74) is 1.65. The highest BCUT2D eigenvalue weighted by molar-refractivity contribution is 7.10. The zero-order chi connectivity index (χ0) is 13.7. The molecule has 2 rings (SSSR count). The molecular formula is C17H29NS. The molecule has 3 atom stereocenters. The molecule has 108 valence electrons. The van der Waals surface area contributed by atoms with Crippen LogP contribution in [0, 0.1) is 18.8 Å². The smallest absolute Gasteiger partial charge is 0.00491 e. The van der Waals surface area contributed by atoms with Crippen molar-refractivity contribution >= 4 is 11.3 Å². The molecule has 1 nitrogen and oxygen atoms in total. The van der Waals surface area contributed by atoms with Gasteiger partial charge < -0.3 is 5.32 Å². The molecular weight excluding hydrogens is 250 g/mol. The summed E-state index contributed by atoms with van der Waals surface area (Å²) in [5, 5.41) is 5.86. The van der Waals surface area contributed by atoms with E-state index in [0.717, 1.165) is 24.3 Å². The fourth-order valence-corrected chi connectivity index (χ4v) is 4.50. The van der Waals surface area contributed by atoms with Crippen molar-refractivity contribution in [2.75, 3.05) is 13.1 Å². The van der Waals surface area contributed by atoms with Crippen LogP contribution in [0.1, 0.15) is 62.3 Å². The normalized spacial score (nSPS) is 27.6. The van der Waals surface area contributed by atoms with Crippen molar-refractivity contribution in [1.29, 1.82) is 0 Å². The van der Waals surface area contributed by atoms with Gasteiger partial charge in [0.1, 0.15) is 0 Å². The van der Waals surface area contributed by atoms with Crippen LogP contribution in [-0.4, -0.2) is 13.1 Å². The maximum absolute atomic E-state index is 3.58. The average molecular weight is 279 g/mol. The Hall–Kier alpha value is -0.340. The number of hydrogen-bond acceptors (Lipinski definition) is 2. The quantitative estimate of drug-likeness (QED) is 0.775. The summed E-state index contributed by atoms with van der Waals surface area (Å²) < 4.78 is 0. The maximum Gasteiger partial charge on any atom is 0.00491 e.